The maximum absolute atomic E-state index is 4.31. The van der Waals surface area contributed by atoms with Crippen LogP contribution in [-0.4, -0.2) is 25.0 Å². The molecule has 0 atom stereocenters. The first-order chi connectivity index (χ1) is 9.38. The predicted octanol–water partition coefficient (Wildman–Crippen LogP) is 2.53. The lowest BCUT2D eigenvalue weighted by Crippen LogP contribution is -1.97. The van der Waals surface area contributed by atoms with Crippen LogP contribution < -0.4 is 0 Å². The van der Waals surface area contributed by atoms with Gasteiger partial charge in [-0.3, -0.25) is 0 Å². The van der Waals surface area contributed by atoms with Gasteiger partial charge in [0.05, 0.1) is 0 Å². The summed E-state index contributed by atoms with van der Waals surface area (Å²) in [5, 5.41) is 9.13. The van der Waals surface area contributed by atoms with Gasteiger partial charge >= 0.3 is 0 Å². The maximum Gasteiger partial charge on any atom is 0.182 e. The Morgan fingerprint density at radius 1 is 1.16 bits per heavy atom. The Hall–Kier alpha value is -1.95. The molecule has 2 aromatic heterocycles. The number of hydrogen-bond acceptors (Lipinski definition) is 5. The highest BCUT2D eigenvalue weighted by atomic mass is 32.2. The van der Waals surface area contributed by atoms with E-state index in [0.29, 0.717) is 0 Å². The number of fused-ring (bicyclic) bond motifs is 1. The largest absolute Gasteiger partial charge is 0.227 e. The Morgan fingerprint density at radius 3 is 2.79 bits per heavy atom. The fourth-order valence-electron chi connectivity index (χ4n) is 1.82. The third-order valence-electron chi connectivity index (χ3n) is 2.78. The first kappa shape index (κ1) is 12.1. The van der Waals surface area contributed by atoms with Gasteiger partial charge < -0.3 is 0 Å². The highest BCUT2D eigenvalue weighted by molar-refractivity contribution is 7.98. The summed E-state index contributed by atoms with van der Waals surface area (Å²) in [7, 11) is 0. The van der Waals surface area contributed by atoms with Gasteiger partial charge in [-0.05, 0) is 12.5 Å². The zero-order valence-electron chi connectivity index (χ0n) is 10.5. The lowest BCUT2D eigenvalue weighted by molar-refractivity contribution is 0.641. The summed E-state index contributed by atoms with van der Waals surface area (Å²) in [6.07, 6.45) is 1.57. The Bertz CT molecular complexity index is 680. The first-order valence-electron chi connectivity index (χ1n) is 6.09. The fourth-order valence-corrected chi connectivity index (χ4v) is 2.70. The number of hydrogen-bond donors (Lipinski definition) is 0. The average molecular weight is 271 g/mol. The average Bonchev–Trinajstić information content (AvgIpc) is 2.90. The van der Waals surface area contributed by atoms with E-state index in [1.807, 2.05) is 25.1 Å². The van der Waals surface area contributed by atoms with Gasteiger partial charge in [0.25, 0.3) is 0 Å². The number of thioether (sulfide) groups is 1. The van der Waals surface area contributed by atoms with Gasteiger partial charge in [0.2, 0.25) is 0 Å². The van der Waals surface area contributed by atoms with Crippen molar-refractivity contribution >= 4 is 22.9 Å². The summed E-state index contributed by atoms with van der Waals surface area (Å²) in [5.74, 6) is 0.867. The third-order valence-corrected chi connectivity index (χ3v) is 3.83. The zero-order valence-corrected chi connectivity index (χ0v) is 11.3. The number of nitrogens with zero attached hydrogens (tertiary/aromatic N) is 5. The van der Waals surface area contributed by atoms with Crippen LogP contribution in [0.5, 0.6) is 0 Å². The second kappa shape index (κ2) is 5.36. The molecule has 0 N–H and O–H groups in total. The van der Waals surface area contributed by atoms with E-state index in [2.05, 4.69) is 32.4 Å². The topological polar surface area (TPSA) is 56.5 Å². The molecule has 5 nitrogen and oxygen atoms in total. The number of benzene rings is 1. The van der Waals surface area contributed by atoms with Gasteiger partial charge in [-0.15, -0.1) is 5.10 Å². The van der Waals surface area contributed by atoms with Gasteiger partial charge in [0, 0.05) is 12.3 Å². The van der Waals surface area contributed by atoms with Crippen LogP contribution in [0.2, 0.25) is 0 Å². The van der Waals surface area contributed by atoms with Gasteiger partial charge in [-0.2, -0.15) is 0 Å². The molecule has 0 spiro atoms. The minimum Gasteiger partial charge on any atom is -0.227 e. The van der Waals surface area contributed by atoms with Gasteiger partial charge in [0.1, 0.15) is 11.4 Å². The van der Waals surface area contributed by atoms with Crippen LogP contribution in [0.3, 0.4) is 0 Å². The van der Waals surface area contributed by atoms with Crippen LogP contribution >= 0.6 is 11.8 Å². The molecular weight excluding hydrogens is 258 g/mol. The predicted molar refractivity (Wildman–Crippen MR) is 74.8 cm³/mol. The summed E-state index contributed by atoms with van der Waals surface area (Å²) in [5.41, 5.74) is 2.85. The molecule has 0 saturated heterocycles. The molecule has 0 aliphatic heterocycles. The SMILES string of the molecule is CCn1nnc2c(SCc3ccccc3)ncnc21. The normalized spacial score (nSPS) is 11.0. The first-order valence-corrected chi connectivity index (χ1v) is 7.08. The van der Waals surface area contributed by atoms with E-state index in [4.69, 9.17) is 0 Å². The molecule has 0 bridgehead atoms. The van der Waals surface area contributed by atoms with Gasteiger partial charge in [-0.1, -0.05) is 47.3 Å². The smallest absolute Gasteiger partial charge is 0.182 e. The van der Waals surface area contributed by atoms with Crippen molar-refractivity contribution in [2.75, 3.05) is 0 Å². The summed E-state index contributed by atoms with van der Waals surface area (Å²) >= 11 is 1.66. The molecular formula is C13H13N5S. The van der Waals surface area contributed by atoms with Crippen molar-refractivity contribution in [1.82, 2.24) is 25.0 Å². The zero-order chi connectivity index (χ0) is 13.1. The second-order valence-corrected chi connectivity index (χ2v) is 4.99. The van der Waals surface area contributed by atoms with Gasteiger partial charge in [0.15, 0.2) is 11.2 Å². The molecule has 96 valence electrons. The van der Waals surface area contributed by atoms with Crippen molar-refractivity contribution in [1.29, 1.82) is 0 Å². The summed E-state index contributed by atoms with van der Waals surface area (Å²) in [6.45, 7) is 2.78. The molecule has 19 heavy (non-hydrogen) atoms. The van der Waals surface area contributed by atoms with E-state index in [0.717, 1.165) is 28.5 Å². The Morgan fingerprint density at radius 2 is 2.00 bits per heavy atom. The molecule has 0 saturated carbocycles. The molecule has 3 aromatic rings. The maximum atomic E-state index is 4.31. The van der Waals surface area contributed by atoms with Crippen LogP contribution in [0, 0.1) is 0 Å². The fraction of sp³-hybridized carbons (Fsp3) is 0.231. The van der Waals surface area contributed by atoms with E-state index in [1.54, 1.807) is 22.8 Å². The molecule has 3 rings (SSSR count). The minimum absolute atomic E-state index is 0.760. The van der Waals surface area contributed by atoms with E-state index in [-0.39, 0.29) is 0 Å². The molecule has 1 aromatic carbocycles. The highest BCUT2D eigenvalue weighted by Crippen LogP contribution is 2.25. The highest BCUT2D eigenvalue weighted by Gasteiger charge is 2.11. The molecule has 0 aliphatic rings. The summed E-state index contributed by atoms with van der Waals surface area (Å²) < 4.78 is 1.78. The minimum atomic E-state index is 0.760. The van der Waals surface area contributed by atoms with Crippen molar-refractivity contribution in [3.05, 3.63) is 42.2 Å². The second-order valence-electron chi connectivity index (χ2n) is 4.03. The van der Waals surface area contributed by atoms with E-state index >= 15 is 0 Å². The molecule has 0 unspecified atom stereocenters. The number of aryl methyl sites for hydroxylation is 1. The van der Waals surface area contributed by atoms with Crippen LogP contribution in [-0.2, 0) is 12.3 Å². The molecule has 0 fully saturated rings. The summed E-state index contributed by atoms with van der Waals surface area (Å²) in [4.78, 5) is 8.55. The molecule has 0 amide bonds. The third kappa shape index (κ3) is 2.44. The quantitative estimate of drug-likeness (QED) is 0.539. The standard InChI is InChI=1S/C13H13N5S/c1-2-18-12-11(16-17-18)13(15-9-14-12)19-8-10-6-4-3-5-7-10/h3-7,9H,2,8H2,1H3. The monoisotopic (exact) mass is 271 g/mol. The van der Waals surface area contributed by atoms with Crippen molar-refractivity contribution in [3.8, 4) is 0 Å². The van der Waals surface area contributed by atoms with Crippen molar-refractivity contribution in [2.24, 2.45) is 0 Å². The summed E-state index contributed by atoms with van der Waals surface area (Å²) in [6, 6.07) is 10.3. The van der Waals surface area contributed by atoms with E-state index in [1.165, 1.54) is 5.56 Å². The Balaban J connectivity index is 1.87. The lowest BCUT2D eigenvalue weighted by atomic mass is 10.2. The van der Waals surface area contributed by atoms with Crippen molar-refractivity contribution < 1.29 is 0 Å². The van der Waals surface area contributed by atoms with Crippen LogP contribution in [0.4, 0.5) is 0 Å². The van der Waals surface area contributed by atoms with Crippen molar-refractivity contribution in [2.45, 2.75) is 24.2 Å². The van der Waals surface area contributed by atoms with Crippen molar-refractivity contribution in [3.63, 3.8) is 0 Å². The molecule has 0 radical (unpaired) electrons. The van der Waals surface area contributed by atoms with E-state index in [9.17, 15) is 0 Å². The van der Waals surface area contributed by atoms with Gasteiger partial charge in [-0.25, -0.2) is 14.6 Å². The van der Waals surface area contributed by atoms with Crippen LogP contribution in [0.15, 0.2) is 41.7 Å². The lowest BCUT2D eigenvalue weighted by Gasteiger charge is -2.01. The van der Waals surface area contributed by atoms with E-state index < -0.39 is 0 Å². The number of rotatable bonds is 4. The Labute approximate surface area is 115 Å². The van der Waals surface area contributed by atoms with Crippen LogP contribution in [0.1, 0.15) is 12.5 Å². The van der Waals surface area contributed by atoms with Crippen LogP contribution in [0.25, 0.3) is 11.2 Å². The molecule has 6 heteroatoms. The molecule has 0 aliphatic carbocycles. The number of aromatic nitrogens is 5. The molecule has 2 heterocycles. The Kier molecular flexibility index (Phi) is 3.41.